The minimum Gasteiger partial charge on any atom is -0.508 e. The number of aromatic hydroxyl groups is 2. The van der Waals surface area contributed by atoms with E-state index >= 15 is 0 Å². The molecule has 0 atom stereocenters. The van der Waals surface area contributed by atoms with Crippen LogP contribution in [0.5, 0.6) is 11.5 Å². The molecule has 3 aromatic carbocycles. The number of carbonyl (C=O) groups excluding carboxylic acids is 2. The summed E-state index contributed by atoms with van der Waals surface area (Å²) in [7, 11) is 0. The van der Waals surface area contributed by atoms with Crippen LogP contribution in [0.4, 0.5) is 11.4 Å². The van der Waals surface area contributed by atoms with Gasteiger partial charge in [-0.2, -0.15) is 0 Å². The lowest BCUT2D eigenvalue weighted by Crippen LogP contribution is -2.25. The number of amides is 1. The number of hydrogen-bond donors (Lipinski definition) is 2. The SMILES string of the molecule is O=Cc1ccc(C(=O)N(c2ccc(O)cc2)c2ccc(O)cc2)cc1. The first-order valence-corrected chi connectivity index (χ1v) is 7.56. The summed E-state index contributed by atoms with van der Waals surface area (Å²) in [4.78, 5) is 25.3. The number of anilines is 2. The molecule has 0 radical (unpaired) electrons. The molecular weight excluding hydrogens is 318 g/mol. The molecule has 3 rings (SSSR count). The zero-order valence-corrected chi connectivity index (χ0v) is 13.2. The quantitative estimate of drug-likeness (QED) is 0.710. The number of phenolic OH excluding ortho intramolecular Hbond substituents is 2. The molecule has 0 unspecified atom stereocenters. The van der Waals surface area contributed by atoms with Crippen molar-refractivity contribution in [3.8, 4) is 11.5 Å². The summed E-state index contributed by atoms with van der Waals surface area (Å²) in [6.45, 7) is 0. The topological polar surface area (TPSA) is 77.8 Å². The van der Waals surface area contributed by atoms with E-state index in [-0.39, 0.29) is 17.4 Å². The summed E-state index contributed by atoms with van der Waals surface area (Å²) in [5.41, 5.74) is 2.02. The fourth-order valence-electron chi connectivity index (χ4n) is 2.42. The summed E-state index contributed by atoms with van der Waals surface area (Å²) in [6, 6.07) is 18.8. The van der Waals surface area contributed by atoms with Crippen LogP contribution < -0.4 is 4.90 Å². The summed E-state index contributed by atoms with van der Waals surface area (Å²) >= 11 is 0. The Hall–Kier alpha value is -3.60. The summed E-state index contributed by atoms with van der Waals surface area (Å²) in [6.07, 6.45) is 0.714. The maximum atomic E-state index is 13.0. The highest BCUT2D eigenvalue weighted by atomic mass is 16.3. The van der Waals surface area contributed by atoms with E-state index in [0.29, 0.717) is 28.8 Å². The molecule has 5 heteroatoms. The maximum absolute atomic E-state index is 13.0. The van der Waals surface area contributed by atoms with Gasteiger partial charge in [-0.15, -0.1) is 0 Å². The number of phenols is 2. The van der Waals surface area contributed by atoms with Crippen LogP contribution >= 0.6 is 0 Å². The van der Waals surface area contributed by atoms with E-state index in [4.69, 9.17) is 0 Å². The lowest BCUT2D eigenvalue weighted by Gasteiger charge is -2.23. The smallest absolute Gasteiger partial charge is 0.262 e. The van der Waals surface area contributed by atoms with Crippen molar-refractivity contribution >= 4 is 23.6 Å². The van der Waals surface area contributed by atoms with E-state index in [2.05, 4.69) is 0 Å². The largest absolute Gasteiger partial charge is 0.508 e. The molecule has 0 spiro atoms. The van der Waals surface area contributed by atoms with Gasteiger partial charge in [0.15, 0.2) is 0 Å². The second kappa shape index (κ2) is 6.88. The number of hydrogen-bond acceptors (Lipinski definition) is 4. The first-order valence-electron chi connectivity index (χ1n) is 7.56. The van der Waals surface area contributed by atoms with Gasteiger partial charge in [0, 0.05) is 22.5 Å². The van der Waals surface area contributed by atoms with E-state index < -0.39 is 0 Å². The predicted octanol–water partition coefficient (Wildman–Crippen LogP) is 3.89. The number of benzene rings is 3. The highest BCUT2D eigenvalue weighted by Gasteiger charge is 2.20. The van der Waals surface area contributed by atoms with E-state index in [0.717, 1.165) is 0 Å². The molecule has 3 aromatic rings. The third kappa shape index (κ3) is 3.50. The van der Waals surface area contributed by atoms with E-state index in [9.17, 15) is 19.8 Å². The molecule has 25 heavy (non-hydrogen) atoms. The molecule has 0 aliphatic heterocycles. The molecule has 0 aliphatic rings. The predicted molar refractivity (Wildman–Crippen MR) is 94.5 cm³/mol. The average Bonchev–Trinajstić information content (AvgIpc) is 2.65. The minimum atomic E-state index is -0.297. The first-order chi connectivity index (χ1) is 12.1. The molecule has 1 amide bonds. The third-order valence-electron chi connectivity index (χ3n) is 3.71. The Balaban J connectivity index is 2.05. The van der Waals surface area contributed by atoms with Crippen LogP contribution in [-0.4, -0.2) is 22.4 Å². The van der Waals surface area contributed by atoms with Gasteiger partial charge in [-0.1, -0.05) is 12.1 Å². The van der Waals surface area contributed by atoms with Gasteiger partial charge in [-0.25, -0.2) is 0 Å². The molecule has 124 valence electrons. The first kappa shape index (κ1) is 16.3. The van der Waals surface area contributed by atoms with Crippen molar-refractivity contribution in [1.82, 2.24) is 0 Å². The molecule has 0 heterocycles. The van der Waals surface area contributed by atoms with Crippen molar-refractivity contribution in [2.45, 2.75) is 0 Å². The summed E-state index contributed by atoms with van der Waals surface area (Å²) < 4.78 is 0. The van der Waals surface area contributed by atoms with Crippen molar-refractivity contribution in [3.05, 3.63) is 83.9 Å². The second-order valence-electron chi connectivity index (χ2n) is 5.41. The molecule has 0 fully saturated rings. The Morgan fingerprint density at radius 2 is 1.16 bits per heavy atom. The monoisotopic (exact) mass is 333 g/mol. The van der Waals surface area contributed by atoms with Gasteiger partial charge >= 0.3 is 0 Å². The number of carbonyl (C=O) groups is 2. The minimum absolute atomic E-state index is 0.0946. The van der Waals surface area contributed by atoms with Crippen LogP contribution in [0.25, 0.3) is 0 Å². The molecule has 0 bridgehead atoms. The molecule has 0 saturated carbocycles. The van der Waals surface area contributed by atoms with Crippen LogP contribution in [0, 0.1) is 0 Å². The van der Waals surface area contributed by atoms with Crippen LogP contribution in [-0.2, 0) is 0 Å². The zero-order valence-electron chi connectivity index (χ0n) is 13.2. The van der Waals surface area contributed by atoms with Gasteiger partial charge in [0.25, 0.3) is 5.91 Å². The van der Waals surface area contributed by atoms with Crippen molar-refractivity contribution in [2.24, 2.45) is 0 Å². The van der Waals surface area contributed by atoms with Gasteiger partial charge < -0.3 is 10.2 Å². The lowest BCUT2D eigenvalue weighted by atomic mass is 10.1. The normalized spacial score (nSPS) is 10.2. The van der Waals surface area contributed by atoms with Crippen molar-refractivity contribution in [3.63, 3.8) is 0 Å². The Morgan fingerprint density at radius 3 is 1.56 bits per heavy atom. The van der Waals surface area contributed by atoms with Crippen LogP contribution in [0.15, 0.2) is 72.8 Å². The number of nitrogens with zero attached hydrogens (tertiary/aromatic N) is 1. The lowest BCUT2D eigenvalue weighted by molar-refractivity contribution is 0.0998. The van der Waals surface area contributed by atoms with Gasteiger partial charge in [-0.3, -0.25) is 14.5 Å². The maximum Gasteiger partial charge on any atom is 0.262 e. The fraction of sp³-hybridized carbons (Fsp3) is 0. The fourth-order valence-corrected chi connectivity index (χ4v) is 2.42. The summed E-state index contributed by atoms with van der Waals surface area (Å²) in [5.74, 6) is -0.108. The second-order valence-corrected chi connectivity index (χ2v) is 5.41. The molecule has 0 aromatic heterocycles. The van der Waals surface area contributed by atoms with E-state index in [1.165, 1.54) is 29.2 Å². The Morgan fingerprint density at radius 1 is 0.720 bits per heavy atom. The number of aldehydes is 1. The van der Waals surface area contributed by atoms with Gasteiger partial charge in [-0.05, 0) is 60.7 Å². The van der Waals surface area contributed by atoms with Crippen molar-refractivity contribution in [1.29, 1.82) is 0 Å². The third-order valence-corrected chi connectivity index (χ3v) is 3.71. The average molecular weight is 333 g/mol. The Bertz CT molecular complexity index is 839. The molecule has 2 N–H and O–H groups in total. The molecule has 5 nitrogen and oxygen atoms in total. The van der Waals surface area contributed by atoms with Gasteiger partial charge in [0.05, 0.1) is 0 Å². The van der Waals surface area contributed by atoms with Gasteiger partial charge in [0.2, 0.25) is 0 Å². The Kier molecular flexibility index (Phi) is 4.48. The highest BCUT2D eigenvalue weighted by molar-refractivity contribution is 6.11. The van der Waals surface area contributed by atoms with E-state index in [1.54, 1.807) is 48.5 Å². The van der Waals surface area contributed by atoms with Crippen LogP contribution in [0.3, 0.4) is 0 Å². The van der Waals surface area contributed by atoms with Crippen molar-refractivity contribution in [2.75, 3.05) is 4.90 Å². The molecule has 0 aliphatic carbocycles. The zero-order chi connectivity index (χ0) is 17.8. The number of rotatable bonds is 4. The van der Waals surface area contributed by atoms with Crippen molar-refractivity contribution < 1.29 is 19.8 Å². The van der Waals surface area contributed by atoms with Crippen LogP contribution in [0.2, 0.25) is 0 Å². The van der Waals surface area contributed by atoms with Crippen LogP contribution in [0.1, 0.15) is 20.7 Å². The Labute approximate surface area is 144 Å². The summed E-state index contributed by atoms with van der Waals surface area (Å²) in [5, 5.41) is 19.0. The molecular formula is C20H15NO4. The molecule has 0 saturated heterocycles. The van der Waals surface area contributed by atoms with Gasteiger partial charge in [0.1, 0.15) is 17.8 Å². The standard InChI is InChI=1S/C20H15NO4/c22-13-14-1-3-15(4-2-14)20(25)21(16-5-9-18(23)10-6-16)17-7-11-19(24)12-8-17/h1-13,23-24H. The van der Waals surface area contributed by atoms with E-state index in [1.807, 2.05) is 0 Å². The highest BCUT2D eigenvalue weighted by Crippen LogP contribution is 2.30.